The maximum atomic E-state index is 14.2. The monoisotopic (exact) mass is 290 g/mol. The molecule has 6 N–H and O–H groups in total. The van der Waals surface area contributed by atoms with Gasteiger partial charge in [-0.05, 0) is 0 Å². The van der Waals surface area contributed by atoms with Gasteiger partial charge in [-0.3, -0.25) is 19.7 Å². The molecule has 112 valence electrons. The van der Waals surface area contributed by atoms with Crippen LogP contribution in [0.1, 0.15) is 19.3 Å². The third-order valence-corrected chi connectivity index (χ3v) is 2.72. The summed E-state index contributed by atoms with van der Waals surface area (Å²) in [5.74, 6) is -2.52. The Bertz CT molecular complexity index is 443. The van der Waals surface area contributed by atoms with Crippen LogP contribution in [0.25, 0.3) is 0 Å². The number of amides is 5. The van der Waals surface area contributed by atoms with Gasteiger partial charge in [0.05, 0.1) is 0 Å². The minimum Gasteiger partial charge on any atom is -0.370 e. The number of imide groups is 1. The van der Waals surface area contributed by atoms with Gasteiger partial charge < -0.3 is 21.5 Å². The van der Waals surface area contributed by atoms with E-state index in [0.29, 0.717) is 0 Å². The molecule has 2 atom stereocenters. The van der Waals surface area contributed by atoms with Crippen LogP contribution in [0.3, 0.4) is 0 Å². The lowest BCUT2D eigenvalue weighted by molar-refractivity contribution is -0.145. The third-order valence-electron chi connectivity index (χ3n) is 2.72. The summed E-state index contributed by atoms with van der Waals surface area (Å²) in [6.45, 7) is -0.00105. The van der Waals surface area contributed by atoms with Gasteiger partial charge in [0, 0.05) is 25.8 Å². The van der Waals surface area contributed by atoms with E-state index < -0.39 is 48.5 Å². The molecule has 5 amide bonds. The van der Waals surface area contributed by atoms with Gasteiger partial charge in [-0.25, -0.2) is 9.18 Å². The summed E-state index contributed by atoms with van der Waals surface area (Å²) in [5, 5.41) is 15.1. The quantitative estimate of drug-likeness (QED) is 0.370. The molecule has 1 saturated heterocycles. The Morgan fingerprint density at radius 1 is 1.40 bits per heavy atom. The van der Waals surface area contributed by atoms with Gasteiger partial charge in [0.2, 0.25) is 17.5 Å². The van der Waals surface area contributed by atoms with Crippen LogP contribution in [0.15, 0.2) is 0 Å². The van der Waals surface area contributed by atoms with Crippen molar-refractivity contribution in [2.75, 3.05) is 6.54 Å². The van der Waals surface area contributed by atoms with Crippen LogP contribution in [0.5, 0.6) is 0 Å². The molecule has 0 spiro atoms. The van der Waals surface area contributed by atoms with Crippen LogP contribution in [-0.4, -0.2) is 47.3 Å². The first-order chi connectivity index (χ1) is 9.25. The first-order valence-electron chi connectivity index (χ1n) is 5.79. The van der Waals surface area contributed by atoms with Crippen molar-refractivity contribution in [3.63, 3.8) is 0 Å². The Kier molecular flexibility index (Phi) is 4.97. The number of hydrogen-bond donors (Lipinski definition) is 5. The number of hydrogen-bond acceptors (Lipinski definition) is 5. The number of aliphatic hydroxyl groups excluding tert-OH is 1. The van der Waals surface area contributed by atoms with E-state index in [-0.39, 0.29) is 13.0 Å². The summed E-state index contributed by atoms with van der Waals surface area (Å²) < 4.78 is 14.2. The number of carbonyl (C=O) groups excluding carboxylic acids is 4. The van der Waals surface area contributed by atoms with E-state index >= 15 is 0 Å². The third kappa shape index (κ3) is 3.88. The maximum Gasteiger partial charge on any atom is 0.323 e. The molecule has 20 heavy (non-hydrogen) atoms. The number of nitrogens with one attached hydrogen (secondary N) is 3. The number of urea groups is 1. The van der Waals surface area contributed by atoms with Crippen LogP contribution in [-0.2, 0) is 14.4 Å². The Morgan fingerprint density at radius 3 is 2.60 bits per heavy atom. The van der Waals surface area contributed by atoms with E-state index in [4.69, 9.17) is 5.73 Å². The normalized spacial score (nSPS) is 25.6. The summed E-state index contributed by atoms with van der Waals surface area (Å²) in [4.78, 5) is 44.0. The van der Waals surface area contributed by atoms with Crippen LogP contribution < -0.4 is 21.7 Å². The molecule has 2 unspecified atom stereocenters. The van der Waals surface area contributed by atoms with E-state index in [1.165, 1.54) is 0 Å². The molecule has 1 aliphatic rings. The highest BCUT2D eigenvalue weighted by Gasteiger charge is 2.50. The number of primary amides is 1. The van der Waals surface area contributed by atoms with E-state index in [1.54, 1.807) is 10.6 Å². The first kappa shape index (κ1) is 15.8. The van der Waals surface area contributed by atoms with Crippen molar-refractivity contribution >= 4 is 23.8 Å². The predicted molar refractivity (Wildman–Crippen MR) is 62.6 cm³/mol. The average molecular weight is 290 g/mol. The molecule has 1 heterocycles. The Morgan fingerprint density at radius 2 is 2.05 bits per heavy atom. The number of halogens is 1. The zero-order chi connectivity index (χ0) is 15.3. The number of alkyl halides is 1. The molecule has 0 radical (unpaired) electrons. The zero-order valence-electron chi connectivity index (χ0n) is 10.4. The number of nitrogens with two attached hydrogens (primary N) is 1. The number of aliphatic hydroxyl groups is 1. The first-order valence-corrected chi connectivity index (χ1v) is 5.79. The molecular formula is C10H15FN4O5. The van der Waals surface area contributed by atoms with E-state index in [2.05, 4.69) is 5.32 Å². The zero-order valence-corrected chi connectivity index (χ0v) is 10.4. The van der Waals surface area contributed by atoms with Crippen molar-refractivity contribution < 1.29 is 28.7 Å². The summed E-state index contributed by atoms with van der Waals surface area (Å²) in [5.41, 5.74) is 2.08. The van der Waals surface area contributed by atoms with Crippen LogP contribution in [0.4, 0.5) is 9.18 Å². The maximum absolute atomic E-state index is 14.2. The molecule has 1 aliphatic heterocycles. The Balaban J connectivity index is 2.46. The number of carbonyl (C=O) groups is 4. The molecule has 0 bridgehead atoms. The summed E-state index contributed by atoms with van der Waals surface area (Å²) in [7, 11) is 0. The molecule has 1 fully saturated rings. The van der Waals surface area contributed by atoms with Gasteiger partial charge >= 0.3 is 6.03 Å². The fourth-order valence-corrected chi connectivity index (χ4v) is 1.57. The summed E-state index contributed by atoms with van der Waals surface area (Å²) in [6, 6.07) is -1.01. The van der Waals surface area contributed by atoms with Gasteiger partial charge in [-0.15, -0.1) is 0 Å². The molecule has 0 aliphatic carbocycles. The van der Waals surface area contributed by atoms with Crippen molar-refractivity contribution in [1.82, 2.24) is 16.0 Å². The highest BCUT2D eigenvalue weighted by Crippen LogP contribution is 2.24. The lowest BCUT2D eigenvalue weighted by Gasteiger charge is -2.33. The van der Waals surface area contributed by atoms with Gasteiger partial charge in [-0.1, -0.05) is 0 Å². The average Bonchev–Trinajstić information content (AvgIpc) is 2.33. The highest BCUT2D eigenvalue weighted by atomic mass is 19.1. The van der Waals surface area contributed by atoms with Crippen LogP contribution >= 0.6 is 0 Å². The van der Waals surface area contributed by atoms with Crippen LogP contribution in [0, 0.1) is 0 Å². The number of rotatable bonds is 6. The second kappa shape index (κ2) is 6.28. The molecule has 0 saturated carbocycles. The lowest BCUT2D eigenvalue weighted by atomic mass is 9.94. The smallest absolute Gasteiger partial charge is 0.323 e. The van der Waals surface area contributed by atoms with Gasteiger partial charge in [0.25, 0.3) is 5.91 Å². The SMILES string of the molecule is NC(=O)CCNC(=O)CCC1(F)C(=O)NC(=O)NC1O. The minimum atomic E-state index is -2.78. The van der Waals surface area contributed by atoms with E-state index in [1.807, 2.05) is 0 Å². The molecule has 1 rings (SSSR count). The second-order valence-corrected chi connectivity index (χ2v) is 4.26. The van der Waals surface area contributed by atoms with Crippen molar-refractivity contribution in [2.24, 2.45) is 5.73 Å². The largest absolute Gasteiger partial charge is 0.370 e. The summed E-state index contributed by atoms with van der Waals surface area (Å²) >= 11 is 0. The molecule has 0 aromatic carbocycles. The fraction of sp³-hybridized carbons (Fsp3) is 0.600. The second-order valence-electron chi connectivity index (χ2n) is 4.26. The van der Waals surface area contributed by atoms with Crippen molar-refractivity contribution in [1.29, 1.82) is 0 Å². The Hall–Kier alpha value is -2.23. The molecule has 10 heteroatoms. The predicted octanol–water partition coefficient (Wildman–Crippen LogP) is -2.38. The van der Waals surface area contributed by atoms with Gasteiger partial charge in [-0.2, -0.15) is 0 Å². The lowest BCUT2D eigenvalue weighted by Crippen LogP contribution is -2.67. The van der Waals surface area contributed by atoms with Gasteiger partial charge in [0.15, 0.2) is 6.23 Å². The molecule has 0 aromatic heterocycles. The fourth-order valence-electron chi connectivity index (χ4n) is 1.57. The standard InChI is InChI=1S/C10H15FN4O5/c11-10(7(18)14-9(20)15-8(10)19)3-1-6(17)13-4-2-5(12)16/h7,18H,1-4H2,(H2,12,16)(H,13,17)(H2,14,15,19,20). The molecule has 0 aromatic rings. The minimum absolute atomic E-state index is 0.00105. The van der Waals surface area contributed by atoms with Gasteiger partial charge in [0.1, 0.15) is 0 Å². The van der Waals surface area contributed by atoms with E-state index in [0.717, 1.165) is 0 Å². The van der Waals surface area contributed by atoms with Crippen molar-refractivity contribution in [3.05, 3.63) is 0 Å². The molecular weight excluding hydrogens is 275 g/mol. The van der Waals surface area contributed by atoms with E-state index in [9.17, 15) is 28.7 Å². The molecule has 9 nitrogen and oxygen atoms in total. The highest BCUT2D eigenvalue weighted by molar-refractivity contribution is 6.02. The van der Waals surface area contributed by atoms with Crippen LogP contribution in [0.2, 0.25) is 0 Å². The summed E-state index contributed by atoms with van der Waals surface area (Å²) in [6.07, 6.45) is -3.12. The Labute approximate surface area is 113 Å². The van der Waals surface area contributed by atoms with Crippen molar-refractivity contribution in [2.45, 2.75) is 31.2 Å². The van der Waals surface area contributed by atoms with Crippen molar-refractivity contribution in [3.8, 4) is 0 Å². The topological polar surface area (TPSA) is 151 Å².